The third-order valence-electron chi connectivity index (χ3n) is 3.83. The van der Waals surface area contributed by atoms with E-state index in [1.807, 2.05) is 6.92 Å². The predicted molar refractivity (Wildman–Crippen MR) is 69.2 cm³/mol. The van der Waals surface area contributed by atoms with Crippen LogP contribution in [0.4, 0.5) is 4.39 Å². The number of hydrogen-bond acceptors (Lipinski definition) is 3. The Morgan fingerprint density at radius 1 is 1.42 bits per heavy atom. The first-order valence-corrected chi connectivity index (χ1v) is 6.61. The topological polar surface area (TPSA) is 53.4 Å². The first-order chi connectivity index (χ1) is 9.02. The van der Waals surface area contributed by atoms with Gasteiger partial charge in [0.1, 0.15) is 5.82 Å². The van der Waals surface area contributed by atoms with E-state index in [9.17, 15) is 9.18 Å². The predicted octanol–water partition coefficient (Wildman–Crippen LogP) is 2.40. The Balaban J connectivity index is 2.32. The molecule has 1 aliphatic heterocycles. The van der Waals surface area contributed by atoms with Crippen LogP contribution in [0.25, 0.3) is 0 Å². The first kappa shape index (κ1) is 13.9. The molecular formula is C14H19FN2O2. The summed E-state index contributed by atoms with van der Waals surface area (Å²) in [6.07, 6.45) is 4.44. The van der Waals surface area contributed by atoms with Crippen molar-refractivity contribution in [3.8, 4) is 0 Å². The first-order valence-electron chi connectivity index (χ1n) is 6.61. The molecule has 19 heavy (non-hydrogen) atoms. The molecule has 5 heteroatoms. The highest BCUT2D eigenvalue weighted by Gasteiger charge is 2.37. The number of aliphatic carboxylic acids is 1. The molecule has 1 aromatic rings. The fourth-order valence-electron chi connectivity index (χ4n) is 2.74. The van der Waals surface area contributed by atoms with Crippen LogP contribution in [0.3, 0.4) is 0 Å². The molecule has 0 aliphatic carbocycles. The summed E-state index contributed by atoms with van der Waals surface area (Å²) in [7, 11) is 0. The SMILES string of the molecule is CC(CC(=O)O)(c1ccc(F)cn1)N1CCCCC1. The molecule has 1 aromatic heterocycles. The van der Waals surface area contributed by atoms with E-state index in [4.69, 9.17) is 5.11 Å². The van der Waals surface area contributed by atoms with E-state index in [1.54, 1.807) is 6.07 Å². The zero-order valence-corrected chi connectivity index (χ0v) is 11.1. The Morgan fingerprint density at radius 3 is 2.63 bits per heavy atom. The van der Waals surface area contributed by atoms with Crippen molar-refractivity contribution in [1.82, 2.24) is 9.88 Å². The molecule has 0 radical (unpaired) electrons. The van der Waals surface area contributed by atoms with Crippen LogP contribution in [0.2, 0.25) is 0 Å². The number of halogens is 1. The molecule has 2 rings (SSSR count). The molecule has 1 saturated heterocycles. The molecule has 0 saturated carbocycles. The average molecular weight is 266 g/mol. The van der Waals surface area contributed by atoms with Gasteiger partial charge in [-0.2, -0.15) is 0 Å². The van der Waals surface area contributed by atoms with Gasteiger partial charge in [-0.1, -0.05) is 6.42 Å². The summed E-state index contributed by atoms with van der Waals surface area (Å²) in [4.78, 5) is 17.4. The molecule has 1 atom stereocenters. The Labute approximate surface area is 112 Å². The third-order valence-corrected chi connectivity index (χ3v) is 3.83. The van der Waals surface area contributed by atoms with Crippen molar-refractivity contribution in [3.05, 3.63) is 29.8 Å². The van der Waals surface area contributed by atoms with Gasteiger partial charge in [0.15, 0.2) is 0 Å². The second-order valence-corrected chi connectivity index (χ2v) is 5.25. The molecule has 0 bridgehead atoms. The highest BCUT2D eigenvalue weighted by Crippen LogP contribution is 2.33. The summed E-state index contributed by atoms with van der Waals surface area (Å²) in [5.74, 6) is -1.26. The minimum absolute atomic E-state index is 0.0222. The highest BCUT2D eigenvalue weighted by atomic mass is 19.1. The van der Waals surface area contributed by atoms with Crippen molar-refractivity contribution in [2.75, 3.05) is 13.1 Å². The van der Waals surface area contributed by atoms with E-state index in [-0.39, 0.29) is 6.42 Å². The second kappa shape index (κ2) is 5.65. The normalized spacial score (nSPS) is 19.9. The summed E-state index contributed by atoms with van der Waals surface area (Å²) >= 11 is 0. The van der Waals surface area contributed by atoms with Gasteiger partial charge in [-0.25, -0.2) is 4.39 Å². The Hall–Kier alpha value is -1.49. The summed E-state index contributed by atoms with van der Waals surface area (Å²) in [5, 5.41) is 9.17. The Morgan fingerprint density at radius 2 is 2.11 bits per heavy atom. The molecular weight excluding hydrogens is 247 g/mol. The van der Waals surface area contributed by atoms with Gasteiger partial charge >= 0.3 is 5.97 Å². The monoisotopic (exact) mass is 266 g/mol. The van der Waals surface area contributed by atoms with Crippen LogP contribution in [0.1, 0.15) is 38.3 Å². The molecule has 1 N–H and O–H groups in total. The lowest BCUT2D eigenvalue weighted by molar-refractivity contribution is -0.140. The zero-order valence-electron chi connectivity index (χ0n) is 11.1. The number of likely N-dealkylation sites (tertiary alicyclic amines) is 1. The smallest absolute Gasteiger partial charge is 0.305 e. The van der Waals surface area contributed by atoms with Gasteiger partial charge in [0.2, 0.25) is 0 Å². The van der Waals surface area contributed by atoms with Gasteiger partial charge in [0, 0.05) is 0 Å². The van der Waals surface area contributed by atoms with Gasteiger partial charge in [-0.05, 0) is 45.0 Å². The van der Waals surface area contributed by atoms with E-state index in [0.717, 1.165) is 32.1 Å². The zero-order chi connectivity index (χ0) is 13.9. The van der Waals surface area contributed by atoms with E-state index in [1.165, 1.54) is 12.5 Å². The fraction of sp³-hybridized carbons (Fsp3) is 0.571. The van der Waals surface area contributed by atoms with Crippen LogP contribution in [0.5, 0.6) is 0 Å². The Kier molecular flexibility index (Phi) is 4.14. The van der Waals surface area contributed by atoms with Gasteiger partial charge in [-0.15, -0.1) is 0 Å². The summed E-state index contributed by atoms with van der Waals surface area (Å²) in [6.45, 7) is 3.61. The molecule has 0 amide bonds. The standard InChI is InChI=1S/C14H19FN2O2/c1-14(9-13(18)19,17-7-3-2-4-8-17)12-6-5-11(15)10-16-12/h5-6,10H,2-4,7-9H2,1H3,(H,18,19). The molecule has 1 aliphatic rings. The molecule has 1 unspecified atom stereocenters. The van der Waals surface area contributed by atoms with E-state index in [2.05, 4.69) is 9.88 Å². The fourth-order valence-corrected chi connectivity index (χ4v) is 2.74. The van der Waals surface area contributed by atoms with Crippen molar-refractivity contribution in [2.45, 2.75) is 38.1 Å². The minimum Gasteiger partial charge on any atom is -0.481 e. The third kappa shape index (κ3) is 3.10. The number of aromatic nitrogens is 1. The highest BCUT2D eigenvalue weighted by molar-refractivity contribution is 5.68. The number of piperidine rings is 1. The van der Waals surface area contributed by atoms with Gasteiger partial charge in [0.25, 0.3) is 0 Å². The minimum atomic E-state index is -0.862. The summed E-state index contributed by atoms with van der Waals surface area (Å²) < 4.78 is 13.0. The molecule has 4 nitrogen and oxygen atoms in total. The van der Waals surface area contributed by atoms with Crippen LogP contribution in [0, 0.1) is 5.82 Å². The Bertz CT molecular complexity index is 443. The van der Waals surface area contributed by atoms with Crippen molar-refractivity contribution >= 4 is 5.97 Å². The number of nitrogens with zero attached hydrogens (tertiary/aromatic N) is 2. The van der Waals surface area contributed by atoms with Crippen molar-refractivity contribution in [1.29, 1.82) is 0 Å². The van der Waals surface area contributed by atoms with Crippen LogP contribution < -0.4 is 0 Å². The van der Waals surface area contributed by atoms with E-state index in [0.29, 0.717) is 5.69 Å². The number of rotatable bonds is 4. The molecule has 2 heterocycles. The summed E-state index contributed by atoms with van der Waals surface area (Å²) in [5.41, 5.74) is -0.0434. The van der Waals surface area contributed by atoms with Gasteiger partial charge in [0.05, 0.1) is 23.9 Å². The lowest BCUT2D eigenvalue weighted by Gasteiger charge is -2.42. The van der Waals surface area contributed by atoms with Crippen LogP contribution in [-0.2, 0) is 10.3 Å². The number of pyridine rings is 1. The van der Waals surface area contributed by atoms with Gasteiger partial charge in [-0.3, -0.25) is 14.7 Å². The number of carboxylic acid groups (broad SMARTS) is 1. The lowest BCUT2D eigenvalue weighted by atomic mass is 9.88. The molecule has 104 valence electrons. The van der Waals surface area contributed by atoms with Crippen molar-refractivity contribution in [2.24, 2.45) is 0 Å². The quantitative estimate of drug-likeness (QED) is 0.909. The molecule has 0 aromatic carbocycles. The summed E-state index contributed by atoms with van der Waals surface area (Å²) in [6, 6.07) is 2.93. The number of hydrogen-bond donors (Lipinski definition) is 1. The lowest BCUT2D eigenvalue weighted by Crippen LogP contribution is -2.48. The van der Waals surface area contributed by atoms with Crippen molar-refractivity contribution in [3.63, 3.8) is 0 Å². The maximum Gasteiger partial charge on any atom is 0.305 e. The maximum atomic E-state index is 13.0. The number of carbonyl (C=O) groups is 1. The molecule has 1 fully saturated rings. The van der Waals surface area contributed by atoms with Gasteiger partial charge < -0.3 is 5.11 Å². The van der Waals surface area contributed by atoms with E-state index >= 15 is 0 Å². The van der Waals surface area contributed by atoms with E-state index < -0.39 is 17.3 Å². The van der Waals surface area contributed by atoms with Crippen molar-refractivity contribution < 1.29 is 14.3 Å². The van der Waals surface area contributed by atoms with Crippen LogP contribution >= 0.6 is 0 Å². The maximum absolute atomic E-state index is 13.0. The average Bonchev–Trinajstić information content (AvgIpc) is 2.39. The largest absolute Gasteiger partial charge is 0.481 e. The van der Waals surface area contributed by atoms with Crippen LogP contribution in [0.15, 0.2) is 18.3 Å². The second-order valence-electron chi connectivity index (χ2n) is 5.25. The van der Waals surface area contributed by atoms with Crippen LogP contribution in [-0.4, -0.2) is 34.0 Å². The molecule has 0 spiro atoms. The number of carboxylic acids is 1.